The third kappa shape index (κ3) is 2.77. The molecule has 0 amide bonds. The van der Waals surface area contributed by atoms with Crippen molar-refractivity contribution < 1.29 is 23.4 Å². The standard InChI is InChI=1S/C15H16O5/c1-17-13-8-10(9-14(18-2)15(13)19-3)7-11(16)12-5-4-6-20-12/h4-6,8-9H,7H2,1-3H3. The number of ketones is 1. The summed E-state index contributed by atoms with van der Waals surface area (Å²) in [7, 11) is 4.61. The summed E-state index contributed by atoms with van der Waals surface area (Å²) in [6.45, 7) is 0. The third-order valence-corrected chi connectivity index (χ3v) is 2.89. The highest BCUT2D eigenvalue weighted by atomic mass is 16.5. The largest absolute Gasteiger partial charge is 0.493 e. The minimum atomic E-state index is -0.107. The van der Waals surface area contributed by atoms with E-state index in [1.165, 1.54) is 27.6 Å². The zero-order valence-electron chi connectivity index (χ0n) is 11.6. The van der Waals surface area contributed by atoms with Crippen LogP contribution in [-0.2, 0) is 6.42 Å². The van der Waals surface area contributed by atoms with Crippen LogP contribution >= 0.6 is 0 Å². The van der Waals surface area contributed by atoms with Gasteiger partial charge in [-0.15, -0.1) is 0 Å². The van der Waals surface area contributed by atoms with Gasteiger partial charge in [0.2, 0.25) is 11.5 Å². The molecule has 0 bridgehead atoms. The van der Waals surface area contributed by atoms with Gasteiger partial charge >= 0.3 is 0 Å². The topological polar surface area (TPSA) is 57.9 Å². The lowest BCUT2D eigenvalue weighted by molar-refractivity contribution is 0.0966. The van der Waals surface area contributed by atoms with Gasteiger partial charge in [0.25, 0.3) is 0 Å². The van der Waals surface area contributed by atoms with E-state index in [4.69, 9.17) is 18.6 Å². The minimum Gasteiger partial charge on any atom is -0.493 e. The second-order valence-electron chi connectivity index (χ2n) is 4.11. The van der Waals surface area contributed by atoms with Crippen LogP contribution in [0.25, 0.3) is 0 Å². The van der Waals surface area contributed by atoms with Crippen LogP contribution < -0.4 is 14.2 Å². The van der Waals surface area contributed by atoms with E-state index in [2.05, 4.69) is 0 Å². The van der Waals surface area contributed by atoms with Crippen molar-refractivity contribution in [3.8, 4) is 17.2 Å². The Bertz CT molecular complexity index is 561. The van der Waals surface area contributed by atoms with Crippen LogP contribution in [0.1, 0.15) is 16.1 Å². The van der Waals surface area contributed by atoms with Gasteiger partial charge in [-0.25, -0.2) is 0 Å². The van der Waals surface area contributed by atoms with E-state index in [1.54, 1.807) is 24.3 Å². The predicted molar refractivity (Wildman–Crippen MR) is 72.8 cm³/mol. The van der Waals surface area contributed by atoms with Crippen LogP contribution in [0.3, 0.4) is 0 Å². The highest BCUT2D eigenvalue weighted by Crippen LogP contribution is 2.38. The van der Waals surface area contributed by atoms with Gasteiger partial charge in [0.05, 0.1) is 27.6 Å². The summed E-state index contributed by atoms with van der Waals surface area (Å²) >= 11 is 0. The zero-order valence-corrected chi connectivity index (χ0v) is 11.6. The maximum absolute atomic E-state index is 12.0. The number of methoxy groups -OCH3 is 3. The Hall–Kier alpha value is -2.43. The minimum absolute atomic E-state index is 0.107. The number of carbonyl (C=O) groups excluding carboxylic acids is 1. The SMILES string of the molecule is COc1cc(CC(=O)c2ccco2)cc(OC)c1OC. The first kappa shape index (κ1) is 14.0. The Labute approximate surface area is 117 Å². The van der Waals surface area contributed by atoms with E-state index in [0.717, 1.165) is 5.56 Å². The van der Waals surface area contributed by atoms with Gasteiger partial charge in [-0.2, -0.15) is 0 Å². The van der Waals surface area contributed by atoms with E-state index in [9.17, 15) is 4.79 Å². The highest BCUT2D eigenvalue weighted by Gasteiger charge is 2.16. The Balaban J connectivity index is 2.30. The lowest BCUT2D eigenvalue weighted by Crippen LogP contribution is -2.04. The lowest BCUT2D eigenvalue weighted by Gasteiger charge is -2.13. The molecule has 0 N–H and O–H groups in total. The number of hydrogen-bond donors (Lipinski definition) is 0. The number of hydrogen-bond acceptors (Lipinski definition) is 5. The quantitative estimate of drug-likeness (QED) is 0.759. The average Bonchev–Trinajstić information content (AvgIpc) is 3.00. The Morgan fingerprint density at radius 1 is 1.10 bits per heavy atom. The Morgan fingerprint density at radius 3 is 2.20 bits per heavy atom. The van der Waals surface area contributed by atoms with Crippen LogP contribution in [0.15, 0.2) is 34.9 Å². The molecular formula is C15H16O5. The summed E-state index contributed by atoms with van der Waals surface area (Å²) in [6.07, 6.45) is 1.67. The van der Waals surface area contributed by atoms with Crippen molar-refractivity contribution in [3.05, 3.63) is 41.9 Å². The summed E-state index contributed by atoms with van der Waals surface area (Å²) in [4.78, 5) is 12.0. The molecule has 5 heteroatoms. The van der Waals surface area contributed by atoms with Gasteiger partial charge in [-0.1, -0.05) is 0 Å². The Kier molecular flexibility index (Phi) is 4.30. The molecule has 0 spiro atoms. The molecule has 0 saturated heterocycles. The number of rotatable bonds is 6. The first-order valence-corrected chi connectivity index (χ1v) is 6.05. The highest BCUT2D eigenvalue weighted by molar-refractivity contribution is 5.95. The molecule has 0 aliphatic carbocycles. The average molecular weight is 276 g/mol. The van der Waals surface area contributed by atoms with Crippen LogP contribution in [-0.4, -0.2) is 27.1 Å². The van der Waals surface area contributed by atoms with E-state index in [0.29, 0.717) is 23.0 Å². The maximum Gasteiger partial charge on any atom is 0.203 e. The molecule has 2 rings (SSSR count). The second-order valence-corrected chi connectivity index (χ2v) is 4.11. The molecule has 1 heterocycles. The smallest absolute Gasteiger partial charge is 0.203 e. The van der Waals surface area contributed by atoms with E-state index in [-0.39, 0.29) is 12.2 Å². The first-order chi connectivity index (χ1) is 9.69. The van der Waals surface area contributed by atoms with Gasteiger partial charge in [0.15, 0.2) is 17.3 Å². The normalized spacial score (nSPS) is 10.2. The fraction of sp³-hybridized carbons (Fsp3) is 0.267. The summed E-state index contributed by atoms with van der Waals surface area (Å²) in [6, 6.07) is 6.83. The molecule has 0 radical (unpaired) electrons. The van der Waals surface area contributed by atoms with Gasteiger partial charge in [0.1, 0.15) is 0 Å². The van der Waals surface area contributed by atoms with Crippen molar-refractivity contribution in [1.29, 1.82) is 0 Å². The van der Waals surface area contributed by atoms with Gasteiger partial charge < -0.3 is 18.6 Å². The summed E-state index contributed by atoms with van der Waals surface area (Å²) < 4.78 is 20.8. The van der Waals surface area contributed by atoms with Crippen LogP contribution in [0.4, 0.5) is 0 Å². The number of ether oxygens (including phenoxy) is 3. The van der Waals surface area contributed by atoms with Crippen molar-refractivity contribution in [2.75, 3.05) is 21.3 Å². The number of benzene rings is 1. The number of carbonyl (C=O) groups is 1. The molecule has 0 aliphatic rings. The van der Waals surface area contributed by atoms with Gasteiger partial charge in [0, 0.05) is 6.42 Å². The molecule has 5 nitrogen and oxygen atoms in total. The van der Waals surface area contributed by atoms with Crippen molar-refractivity contribution in [2.24, 2.45) is 0 Å². The van der Waals surface area contributed by atoms with E-state index >= 15 is 0 Å². The van der Waals surface area contributed by atoms with E-state index < -0.39 is 0 Å². The predicted octanol–water partition coefficient (Wildman–Crippen LogP) is 2.73. The van der Waals surface area contributed by atoms with Crippen molar-refractivity contribution in [3.63, 3.8) is 0 Å². The summed E-state index contributed by atoms with van der Waals surface area (Å²) in [5, 5.41) is 0. The fourth-order valence-electron chi connectivity index (χ4n) is 1.95. The molecule has 20 heavy (non-hydrogen) atoms. The molecule has 0 atom stereocenters. The summed E-state index contributed by atoms with van der Waals surface area (Å²) in [5.41, 5.74) is 0.765. The molecule has 1 aromatic heterocycles. The van der Waals surface area contributed by atoms with Crippen molar-refractivity contribution >= 4 is 5.78 Å². The molecule has 1 aromatic carbocycles. The number of furan rings is 1. The molecule has 0 fully saturated rings. The second kappa shape index (κ2) is 6.14. The maximum atomic E-state index is 12.0. The Morgan fingerprint density at radius 2 is 1.75 bits per heavy atom. The zero-order chi connectivity index (χ0) is 14.5. The monoisotopic (exact) mass is 276 g/mol. The summed E-state index contributed by atoms with van der Waals surface area (Å²) in [5.74, 6) is 1.77. The van der Waals surface area contributed by atoms with Crippen molar-refractivity contribution in [1.82, 2.24) is 0 Å². The molecule has 0 aliphatic heterocycles. The number of Topliss-reactive ketones (excluding diaryl/α,β-unsaturated/α-hetero) is 1. The molecule has 0 saturated carbocycles. The fourth-order valence-corrected chi connectivity index (χ4v) is 1.95. The van der Waals surface area contributed by atoms with Crippen LogP contribution in [0.2, 0.25) is 0 Å². The molecular weight excluding hydrogens is 260 g/mol. The van der Waals surface area contributed by atoms with Gasteiger partial charge in [-0.3, -0.25) is 4.79 Å². The molecule has 0 unspecified atom stereocenters. The third-order valence-electron chi connectivity index (χ3n) is 2.89. The molecule has 2 aromatic rings. The van der Waals surface area contributed by atoms with Crippen LogP contribution in [0, 0.1) is 0 Å². The lowest BCUT2D eigenvalue weighted by atomic mass is 10.1. The first-order valence-electron chi connectivity index (χ1n) is 6.05. The van der Waals surface area contributed by atoms with E-state index in [1.807, 2.05) is 0 Å². The van der Waals surface area contributed by atoms with Gasteiger partial charge in [-0.05, 0) is 29.8 Å². The molecule has 106 valence electrons. The van der Waals surface area contributed by atoms with Crippen molar-refractivity contribution in [2.45, 2.75) is 6.42 Å². The van der Waals surface area contributed by atoms with Crippen LogP contribution in [0.5, 0.6) is 17.2 Å².